The first-order chi connectivity index (χ1) is 9.21. The predicted octanol–water partition coefficient (Wildman–Crippen LogP) is -0.0347. The van der Waals surface area contributed by atoms with E-state index < -0.39 is 0 Å². The fraction of sp³-hybridized carbons (Fsp3) is 0.0833. The van der Waals surface area contributed by atoms with Gasteiger partial charge in [0.05, 0.1) is 6.26 Å². The highest BCUT2D eigenvalue weighted by molar-refractivity contribution is 6.31. The van der Waals surface area contributed by atoms with E-state index in [1.165, 1.54) is 12.5 Å². The maximum Gasteiger partial charge on any atom is 0.300 e. The topological polar surface area (TPSA) is 96.5 Å². The van der Waals surface area contributed by atoms with Gasteiger partial charge < -0.3 is 9.52 Å². The number of amidine groups is 2. The van der Waals surface area contributed by atoms with Crippen LogP contribution < -0.4 is 5.84 Å². The zero-order chi connectivity index (χ0) is 13.3. The average molecular weight is 256 g/mol. The lowest BCUT2D eigenvalue weighted by Crippen LogP contribution is -2.50. The van der Waals surface area contributed by atoms with E-state index in [-0.39, 0.29) is 11.3 Å². The van der Waals surface area contributed by atoms with Gasteiger partial charge in [-0.05, 0) is 27.9 Å². The van der Waals surface area contributed by atoms with Crippen LogP contribution in [0.5, 0.6) is 0 Å². The molecule has 0 saturated heterocycles. The maximum absolute atomic E-state index is 8.66. The van der Waals surface area contributed by atoms with Gasteiger partial charge in [-0.25, -0.2) is 4.99 Å². The highest BCUT2D eigenvalue weighted by Gasteiger charge is 2.39. The van der Waals surface area contributed by atoms with E-state index in [0.717, 1.165) is 0 Å². The first kappa shape index (κ1) is 11.6. The second-order valence-electron chi connectivity index (χ2n) is 3.84. The van der Waals surface area contributed by atoms with Crippen LogP contribution in [0.4, 0.5) is 0 Å². The zero-order valence-electron chi connectivity index (χ0n) is 9.82. The molecular weight excluding hydrogens is 246 g/mol. The summed E-state index contributed by atoms with van der Waals surface area (Å²) in [6, 6.07) is 3.50. The van der Waals surface area contributed by atoms with Crippen LogP contribution in [0.3, 0.4) is 0 Å². The lowest BCUT2D eigenvalue weighted by Gasteiger charge is -2.17. The van der Waals surface area contributed by atoms with E-state index in [1.807, 2.05) is 0 Å². The molecule has 0 aromatic carbocycles. The summed E-state index contributed by atoms with van der Waals surface area (Å²) in [5, 5.41) is 12.9. The molecule has 0 amide bonds. The molecule has 0 bridgehead atoms. The molecule has 1 aromatic rings. The lowest BCUT2D eigenvalue weighted by molar-refractivity contribution is -0.803. The Kier molecular flexibility index (Phi) is 2.61. The second-order valence-corrected chi connectivity index (χ2v) is 3.84. The van der Waals surface area contributed by atoms with Crippen molar-refractivity contribution < 1.29 is 14.2 Å². The number of aliphatic hydroxyl groups excluding tert-OH is 1. The average Bonchev–Trinajstić information content (AvgIpc) is 3.01. The van der Waals surface area contributed by atoms with Crippen LogP contribution in [0.2, 0.25) is 0 Å². The summed E-state index contributed by atoms with van der Waals surface area (Å²) in [4.78, 5) is 8.36. The predicted molar refractivity (Wildman–Crippen MR) is 68.6 cm³/mol. The van der Waals surface area contributed by atoms with Crippen molar-refractivity contribution in [2.24, 2.45) is 20.9 Å². The molecule has 2 aliphatic rings. The van der Waals surface area contributed by atoms with E-state index in [4.69, 9.17) is 15.4 Å². The molecule has 0 spiro atoms. The minimum atomic E-state index is -0.352. The molecule has 1 unspecified atom stereocenters. The Morgan fingerprint density at radius 1 is 1.47 bits per heavy atom. The van der Waals surface area contributed by atoms with Gasteiger partial charge in [-0.1, -0.05) is 5.92 Å². The summed E-state index contributed by atoms with van der Waals surface area (Å²) in [5.41, 5.74) is 0.431. The summed E-state index contributed by atoms with van der Waals surface area (Å²) < 4.78 is 4.88. The van der Waals surface area contributed by atoms with Crippen molar-refractivity contribution in [1.82, 2.24) is 0 Å². The molecule has 3 N–H and O–H groups in total. The van der Waals surface area contributed by atoms with Gasteiger partial charge in [-0.2, -0.15) is 4.99 Å². The maximum atomic E-state index is 8.66. The number of quaternary nitrogens is 1. The minimum Gasteiger partial charge on any atom is -0.461 e. The van der Waals surface area contributed by atoms with Crippen molar-refractivity contribution in [1.29, 1.82) is 0 Å². The molecule has 94 valence electrons. The largest absolute Gasteiger partial charge is 0.461 e. The Morgan fingerprint density at radius 3 is 3.11 bits per heavy atom. The Bertz CT molecular complexity index is 687. The molecule has 3 heterocycles. The minimum absolute atomic E-state index is 0.237. The summed E-state index contributed by atoms with van der Waals surface area (Å²) in [7, 11) is 0. The number of aliphatic hydroxyl groups is 1. The summed E-state index contributed by atoms with van der Waals surface area (Å²) >= 11 is 0. The zero-order valence-corrected chi connectivity index (χ0v) is 9.82. The van der Waals surface area contributed by atoms with Crippen molar-refractivity contribution in [3.05, 3.63) is 36.1 Å². The molecule has 2 aliphatic heterocycles. The highest BCUT2D eigenvalue weighted by Crippen LogP contribution is 2.20. The van der Waals surface area contributed by atoms with Gasteiger partial charge >= 0.3 is 0 Å². The van der Waals surface area contributed by atoms with E-state index >= 15 is 0 Å². The van der Waals surface area contributed by atoms with E-state index in [1.54, 1.807) is 18.3 Å². The van der Waals surface area contributed by atoms with Crippen molar-refractivity contribution in [3.8, 4) is 11.8 Å². The number of rotatable bonds is 1. The SMILES string of the molecule is N[N+]12C=C(C#CCO)N=CC1=NC(c1ccco1)=N2. The van der Waals surface area contributed by atoms with Crippen LogP contribution >= 0.6 is 0 Å². The van der Waals surface area contributed by atoms with Gasteiger partial charge in [-0.15, -0.1) is 5.84 Å². The van der Waals surface area contributed by atoms with Crippen LogP contribution in [-0.4, -0.2) is 34.3 Å². The highest BCUT2D eigenvalue weighted by atomic mass is 16.3. The fourth-order valence-electron chi connectivity index (χ4n) is 1.69. The summed E-state index contributed by atoms with van der Waals surface area (Å²) in [6.07, 6.45) is 4.59. The first-order valence-corrected chi connectivity index (χ1v) is 5.48. The number of hydrogen-bond acceptors (Lipinski definition) is 6. The van der Waals surface area contributed by atoms with Crippen molar-refractivity contribution in [3.63, 3.8) is 0 Å². The van der Waals surface area contributed by atoms with Crippen LogP contribution in [0.15, 0.2) is 49.8 Å². The van der Waals surface area contributed by atoms with Gasteiger partial charge in [0.1, 0.15) is 12.8 Å². The molecule has 0 radical (unpaired) electrons. The number of hydrogen-bond donors (Lipinski definition) is 2. The monoisotopic (exact) mass is 256 g/mol. The van der Waals surface area contributed by atoms with Gasteiger partial charge in [0.2, 0.25) is 0 Å². The molecule has 0 saturated carbocycles. The van der Waals surface area contributed by atoms with Gasteiger partial charge in [0, 0.05) is 0 Å². The third-order valence-electron chi connectivity index (χ3n) is 2.52. The number of fused-ring (bicyclic) bond motifs is 1. The van der Waals surface area contributed by atoms with Gasteiger partial charge in [0.25, 0.3) is 11.7 Å². The number of furan rings is 1. The van der Waals surface area contributed by atoms with E-state index in [0.29, 0.717) is 23.1 Å². The molecule has 0 aliphatic carbocycles. The van der Waals surface area contributed by atoms with Crippen molar-refractivity contribution >= 4 is 17.9 Å². The molecule has 1 atom stereocenters. The Morgan fingerprint density at radius 2 is 2.37 bits per heavy atom. The number of nitrogens with zero attached hydrogens (tertiary/aromatic N) is 4. The third kappa shape index (κ3) is 2.00. The number of allylic oxidation sites excluding steroid dienone is 1. The van der Waals surface area contributed by atoms with Gasteiger partial charge in [-0.3, -0.25) is 0 Å². The van der Waals surface area contributed by atoms with Crippen LogP contribution in [0.1, 0.15) is 5.76 Å². The molecule has 19 heavy (non-hydrogen) atoms. The Hall–Kier alpha value is -2.53. The molecular formula is C12H10N5O2+. The lowest BCUT2D eigenvalue weighted by atomic mass is 10.4. The molecule has 7 heteroatoms. The normalized spacial score (nSPS) is 24.0. The summed E-state index contributed by atoms with van der Waals surface area (Å²) in [5.74, 6) is 12.7. The molecule has 1 aromatic heterocycles. The first-order valence-electron chi connectivity index (χ1n) is 5.48. The van der Waals surface area contributed by atoms with Crippen LogP contribution in [0, 0.1) is 11.8 Å². The van der Waals surface area contributed by atoms with Gasteiger partial charge in [0.15, 0.2) is 17.7 Å². The quantitative estimate of drug-likeness (QED) is 0.419. The Balaban J connectivity index is 1.99. The number of aliphatic imine (C=N–C) groups is 2. The smallest absolute Gasteiger partial charge is 0.300 e. The van der Waals surface area contributed by atoms with Crippen LogP contribution in [0.25, 0.3) is 0 Å². The fourth-order valence-corrected chi connectivity index (χ4v) is 1.69. The van der Waals surface area contributed by atoms with Crippen molar-refractivity contribution in [2.75, 3.05) is 6.61 Å². The van der Waals surface area contributed by atoms with Crippen molar-refractivity contribution in [2.45, 2.75) is 0 Å². The molecule has 3 rings (SSSR count). The second kappa shape index (κ2) is 4.29. The van der Waals surface area contributed by atoms with E-state index in [9.17, 15) is 0 Å². The standard InChI is InChI=1S/C12H10N5O2/c13-17-8-9(3-1-5-18)14-7-11(17)15-12(16-17)10-4-2-6-19-10/h2,4,6-8,18H,5,13H2/q+1. The van der Waals surface area contributed by atoms with Crippen LogP contribution in [-0.2, 0) is 0 Å². The Labute approximate surface area is 108 Å². The number of nitrogens with two attached hydrogens (primary N) is 1. The third-order valence-corrected chi connectivity index (χ3v) is 2.52. The molecule has 0 fully saturated rings. The van der Waals surface area contributed by atoms with E-state index in [2.05, 4.69) is 26.9 Å². The molecule has 7 nitrogen and oxygen atoms in total. The summed E-state index contributed by atoms with van der Waals surface area (Å²) in [6.45, 7) is -0.237.